The molecule has 0 unspecified atom stereocenters. The van der Waals surface area contributed by atoms with E-state index in [0.29, 0.717) is 0 Å². The lowest BCUT2D eigenvalue weighted by Gasteiger charge is -2.19. The van der Waals surface area contributed by atoms with Crippen LogP contribution in [0.25, 0.3) is 0 Å². The van der Waals surface area contributed by atoms with Crippen molar-refractivity contribution in [3.63, 3.8) is 0 Å². The summed E-state index contributed by atoms with van der Waals surface area (Å²) in [6, 6.07) is 8.10. The molecule has 1 aliphatic heterocycles. The molecule has 1 fully saturated rings. The standard InChI is InChI=1S/C18H22N4O6/c23-14-6-7-28-17(26)11-21-18(27)13(8-12-4-2-1-3-5-12)22-16(25)10-20-15(24)9-19-14/h1-5,13H,6-11H2,(H,19,23)(H,20,24)(H,21,27)(H,22,25)/t13-/m0/s1. The Balaban J connectivity index is 2.06. The summed E-state index contributed by atoms with van der Waals surface area (Å²) in [6.45, 7) is -1.23. The van der Waals surface area contributed by atoms with Crippen molar-refractivity contribution >= 4 is 29.6 Å². The van der Waals surface area contributed by atoms with Gasteiger partial charge >= 0.3 is 5.97 Å². The van der Waals surface area contributed by atoms with E-state index in [1.54, 1.807) is 24.3 Å². The summed E-state index contributed by atoms with van der Waals surface area (Å²) in [5, 5.41) is 9.65. The maximum Gasteiger partial charge on any atom is 0.325 e. The molecule has 0 aromatic heterocycles. The minimum absolute atomic E-state index is 0.121. The van der Waals surface area contributed by atoms with Crippen molar-refractivity contribution in [3.8, 4) is 0 Å². The van der Waals surface area contributed by atoms with Crippen molar-refractivity contribution < 1.29 is 28.7 Å². The average molecular weight is 390 g/mol. The van der Waals surface area contributed by atoms with E-state index in [4.69, 9.17) is 4.74 Å². The summed E-state index contributed by atoms with van der Waals surface area (Å²) in [5.74, 6) is -2.89. The van der Waals surface area contributed by atoms with Gasteiger partial charge < -0.3 is 26.0 Å². The van der Waals surface area contributed by atoms with Gasteiger partial charge in [-0.25, -0.2) is 0 Å². The highest BCUT2D eigenvalue weighted by molar-refractivity contribution is 5.92. The monoisotopic (exact) mass is 390 g/mol. The van der Waals surface area contributed by atoms with Gasteiger partial charge in [-0.2, -0.15) is 0 Å². The molecule has 10 heteroatoms. The second-order valence-corrected chi connectivity index (χ2v) is 6.05. The van der Waals surface area contributed by atoms with Gasteiger partial charge in [-0.1, -0.05) is 30.3 Å². The number of ether oxygens (including phenoxy) is 1. The van der Waals surface area contributed by atoms with E-state index in [1.165, 1.54) is 0 Å². The van der Waals surface area contributed by atoms with Gasteiger partial charge in [0.1, 0.15) is 19.2 Å². The number of carbonyl (C=O) groups excluding carboxylic acids is 5. The third kappa shape index (κ3) is 7.44. The zero-order chi connectivity index (χ0) is 20.4. The molecule has 10 nitrogen and oxygen atoms in total. The predicted octanol–water partition coefficient (Wildman–Crippen LogP) is -1.99. The number of amides is 4. The van der Waals surface area contributed by atoms with Gasteiger partial charge in [0.05, 0.1) is 19.5 Å². The van der Waals surface area contributed by atoms with Crippen molar-refractivity contribution in [2.45, 2.75) is 18.9 Å². The minimum Gasteiger partial charge on any atom is -0.464 e. The van der Waals surface area contributed by atoms with Gasteiger partial charge in [0.25, 0.3) is 0 Å². The van der Waals surface area contributed by atoms with Crippen molar-refractivity contribution in [1.29, 1.82) is 0 Å². The molecule has 4 amide bonds. The second-order valence-electron chi connectivity index (χ2n) is 6.05. The van der Waals surface area contributed by atoms with Crippen LogP contribution in [0, 0.1) is 0 Å². The molecule has 1 aliphatic rings. The van der Waals surface area contributed by atoms with E-state index in [0.717, 1.165) is 5.56 Å². The summed E-state index contributed by atoms with van der Waals surface area (Å²) in [4.78, 5) is 59.4. The Morgan fingerprint density at radius 2 is 1.50 bits per heavy atom. The summed E-state index contributed by atoms with van der Waals surface area (Å²) in [6.07, 6.45) is 0.0849. The molecular formula is C18H22N4O6. The zero-order valence-corrected chi connectivity index (χ0v) is 15.2. The van der Waals surface area contributed by atoms with Gasteiger partial charge in [-0.05, 0) is 5.56 Å². The fourth-order valence-corrected chi connectivity index (χ4v) is 2.40. The molecule has 150 valence electrons. The average Bonchev–Trinajstić information content (AvgIpc) is 2.68. The first kappa shape index (κ1) is 20.9. The Morgan fingerprint density at radius 1 is 0.821 bits per heavy atom. The highest BCUT2D eigenvalue weighted by atomic mass is 16.5. The second kappa shape index (κ2) is 10.7. The van der Waals surface area contributed by atoms with Crippen molar-refractivity contribution in [2.75, 3.05) is 26.2 Å². The smallest absolute Gasteiger partial charge is 0.325 e. The first-order valence-electron chi connectivity index (χ1n) is 8.74. The fraction of sp³-hybridized carbons (Fsp3) is 0.389. The lowest BCUT2D eigenvalue weighted by atomic mass is 10.1. The van der Waals surface area contributed by atoms with Gasteiger partial charge in [-0.15, -0.1) is 0 Å². The quantitative estimate of drug-likeness (QED) is 0.431. The first-order chi connectivity index (χ1) is 13.4. The van der Waals surface area contributed by atoms with E-state index < -0.39 is 42.2 Å². The SMILES string of the molecule is O=C1CCOC(=O)CNC(=O)[C@H](Cc2ccccc2)NC(=O)CNC(=O)CN1. The molecule has 0 bridgehead atoms. The molecule has 1 aromatic carbocycles. The number of hydrogen-bond donors (Lipinski definition) is 4. The topological polar surface area (TPSA) is 143 Å². The molecule has 28 heavy (non-hydrogen) atoms. The number of cyclic esters (lactones) is 1. The van der Waals surface area contributed by atoms with Crippen LogP contribution in [0.2, 0.25) is 0 Å². The first-order valence-corrected chi connectivity index (χ1v) is 8.74. The maximum absolute atomic E-state index is 12.4. The van der Waals surface area contributed by atoms with Crippen LogP contribution in [0.3, 0.4) is 0 Å². The molecule has 0 radical (unpaired) electrons. The summed E-state index contributed by atoms with van der Waals surface area (Å²) >= 11 is 0. The third-order valence-electron chi connectivity index (χ3n) is 3.83. The zero-order valence-electron chi connectivity index (χ0n) is 15.2. The fourth-order valence-electron chi connectivity index (χ4n) is 2.40. The number of carbonyl (C=O) groups is 5. The highest BCUT2D eigenvalue weighted by Crippen LogP contribution is 2.03. The molecule has 0 spiro atoms. The Morgan fingerprint density at radius 3 is 2.25 bits per heavy atom. The minimum atomic E-state index is -0.938. The van der Waals surface area contributed by atoms with Gasteiger partial charge in [0.15, 0.2) is 0 Å². The van der Waals surface area contributed by atoms with Crippen LogP contribution in [0.4, 0.5) is 0 Å². The Kier molecular flexibility index (Phi) is 7.94. The number of benzene rings is 1. The molecule has 1 atom stereocenters. The molecule has 4 N–H and O–H groups in total. The molecule has 1 heterocycles. The Labute approximate surface area is 161 Å². The molecule has 0 aliphatic carbocycles. The normalized spacial score (nSPS) is 20.3. The predicted molar refractivity (Wildman–Crippen MR) is 96.7 cm³/mol. The van der Waals surface area contributed by atoms with Crippen LogP contribution in [0.1, 0.15) is 12.0 Å². The molecule has 2 rings (SSSR count). The lowest BCUT2D eigenvalue weighted by molar-refractivity contribution is -0.145. The maximum atomic E-state index is 12.4. The Bertz CT molecular complexity index is 737. The van der Waals surface area contributed by atoms with E-state index in [1.807, 2.05) is 6.07 Å². The van der Waals surface area contributed by atoms with Crippen LogP contribution < -0.4 is 21.3 Å². The van der Waals surface area contributed by atoms with E-state index in [-0.39, 0.29) is 32.5 Å². The van der Waals surface area contributed by atoms with Crippen LogP contribution in [0.5, 0.6) is 0 Å². The van der Waals surface area contributed by atoms with E-state index in [2.05, 4.69) is 21.3 Å². The van der Waals surface area contributed by atoms with Crippen LogP contribution >= 0.6 is 0 Å². The van der Waals surface area contributed by atoms with Crippen molar-refractivity contribution in [3.05, 3.63) is 35.9 Å². The molecule has 1 aromatic rings. The Hall–Kier alpha value is -3.43. The number of rotatable bonds is 2. The van der Waals surface area contributed by atoms with Crippen LogP contribution in [-0.2, 0) is 35.1 Å². The molecule has 1 saturated heterocycles. The van der Waals surface area contributed by atoms with E-state index >= 15 is 0 Å². The van der Waals surface area contributed by atoms with Gasteiger partial charge in [0.2, 0.25) is 23.6 Å². The highest BCUT2D eigenvalue weighted by Gasteiger charge is 2.22. The summed E-state index contributed by atoms with van der Waals surface area (Å²) in [7, 11) is 0. The summed E-state index contributed by atoms with van der Waals surface area (Å²) < 4.78 is 4.86. The molecule has 0 saturated carbocycles. The third-order valence-corrected chi connectivity index (χ3v) is 3.83. The van der Waals surface area contributed by atoms with Gasteiger partial charge in [0, 0.05) is 6.42 Å². The van der Waals surface area contributed by atoms with Gasteiger partial charge in [-0.3, -0.25) is 24.0 Å². The molecular weight excluding hydrogens is 368 g/mol. The van der Waals surface area contributed by atoms with Crippen LogP contribution in [-0.4, -0.2) is 61.9 Å². The van der Waals surface area contributed by atoms with Crippen molar-refractivity contribution in [1.82, 2.24) is 21.3 Å². The van der Waals surface area contributed by atoms with Crippen molar-refractivity contribution in [2.24, 2.45) is 0 Å². The van der Waals surface area contributed by atoms with E-state index in [9.17, 15) is 24.0 Å². The van der Waals surface area contributed by atoms with Crippen LogP contribution in [0.15, 0.2) is 30.3 Å². The largest absolute Gasteiger partial charge is 0.464 e. The number of hydrogen-bond acceptors (Lipinski definition) is 6. The lowest BCUT2D eigenvalue weighted by Crippen LogP contribution is -2.52. The number of nitrogens with one attached hydrogen (secondary N) is 4. The number of esters is 1. The summed E-state index contributed by atoms with van der Waals surface area (Å²) in [5.41, 5.74) is 0.812.